The molecule has 0 aliphatic heterocycles. The molecule has 1 saturated carbocycles. The zero-order valence-electron chi connectivity index (χ0n) is 33.9. The van der Waals surface area contributed by atoms with Crippen molar-refractivity contribution in [3.63, 3.8) is 0 Å². The van der Waals surface area contributed by atoms with Gasteiger partial charge >= 0.3 is 19.8 Å². The SMILES string of the molecule is CCCCC/C=C\C/C=C\C/C=C\CCCCCCC(=O)O[C@H](COC(=O)CCCCCC[C@@H]1[C@@H](/C=C/[C@@H](O)CCCCC)[C@H](O)C[C@@H]1O)COP(=O)(O)O. The van der Waals surface area contributed by atoms with Crippen LogP contribution in [0.1, 0.15) is 162 Å². The van der Waals surface area contributed by atoms with Crippen molar-refractivity contribution in [1.82, 2.24) is 0 Å². The number of unbranched alkanes of at least 4 members (excludes halogenated alkanes) is 12. The summed E-state index contributed by atoms with van der Waals surface area (Å²) in [5.41, 5.74) is 0. The second kappa shape index (κ2) is 32.9. The normalized spacial score (nSPS) is 20.3. The number of aliphatic hydroxyl groups is 3. The van der Waals surface area contributed by atoms with Gasteiger partial charge in [-0.05, 0) is 70.1 Å². The van der Waals surface area contributed by atoms with Crippen molar-refractivity contribution in [1.29, 1.82) is 0 Å². The molecular formula is C43H75O11P. The molecule has 1 aliphatic rings. The van der Waals surface area contributed by atoms with Gasteiger partial charge in [-0.25, -0.2) is 4.57 Å². The zero-order valence-corrected chi connectivity index (χ0v) is 34.8. The predicted octanol–water partition coefficient (Wildman–Crippen LogP) is 9.12. The standard InChI is InChI=1S/C43H75O11P/c1-3-5-7-8-9-10-11-12-13-14-15-16-17-18-19-20-26-30-43(48)54-37(35-53-55(49,50)51)34-52-42(47)29-25-22-21-24-28-38-39(41(46)33-40(38)45)32-31-36(44)27-23-6-4-2/h9-10,12-13,15-16,31-32,36-41,44-46H,3-8,11,14,17-30,33-35H2,1-2H3,(H2,49,50,51)/b10-9-,13-12-,16-15-,32-31+/t36-,37+,38+,39+,40-,41+/m0/s1. The van der Waals surface area contributed by atoms with Crippen molar-refractivity contribution in [2.45, 2.75) is 186 Å². The highest BCUT2D eigenvalue weighted by Gasteiger charge is 2.39. The highest BCUT2D eigenvalue weighted by molar-refractivity contribution is 7.46. The van der Waals surface area contributed by atoms with E-state index in [2.05, 4.69) is 54.8 Å². The summed E-state index contributed by atoms with van der Waals surface area (Å²) in [6.45, 7) is 3.36. The van der Waals surface area contributed by atoms with E-state index in [-0.39, 0.29) is 31.3 Å². The van der Waals surface area contributed by atoms with Gasteiger partial charge in [0, 0.05) is 25.2 Å². The number of hydrogen-bond acceptors (Lipinski definition) is 9. The minimum Gasteiger partial charge on any atom is -0.462 e. The van der Waals surface area contributed by atoms with Crippen LogP contribution in [0.15, 0.2) is 48.6 Å². The van der Waals surface area contributed by atoms with Crippen LogP contribution in [-0.2, 0) is 28.2 Å². The van der Waals surface area contributed by atoms with E-state index < -0.39 is 50.8 Å². The third-order valence-electron chi connectivity index (χ3n) is 9.92. The molecular weight excluding hydrogens is 723 g/mol. The van der Waals surface area contributed by atoms with Gasteiger partial charge in [0.1, 0.15) is 6.61 Å². The van der Waals surface area contributed by atoms with Gasteiger partial charge in [0.25, 0.3) is 0 Å². The first-order valence-electron chi connectivity index (χ1n) is 21.2. The summed E-state index contributed by atoms with van der Waals surface area (Å²) in [4.78, 5) is 43.1. The Labute approximate surface area is 331 Å². The van der Waals surface area contributed by atoms with Crippen molar-refractivity contribution in [3.8, 4) is 0 Å². The first-order chi connectivity index (χ1) is 26.5. The number of aliphatic hydroxyl groups excluding tert-OH is 3. The molecule has 55 heavy (non-hydrogen) atoms. The largest absolute Gasteiger partial charge is 0.469 e. The van der Waals surface area contributed by atoms with Gasteiger partial charge < -0.3 is 34.6 Å². The first-order valence-corrected chi connectivity index (χ1v) is 22.7. The molecule has 0 radical (unpaired) electrons. The van der Waals surface area contributed by atoms with Gasteiger partial charge in [0.2, 0.25) is 0 Å². The maximum absolute atomic E-state index is 12.4. The Balaban J connectivity index is 2.28. The molecule has 1 fully saturated rings. The molecule has 0 unspecified atom stereocenters. The van der Waals surface area contributed by atoms with E-state index in [1.54, 1.807) is 6.08 Å². The average Bonchev–Trinajstić information content (AvgIpc) is 3.41. The van der Waals surface area contributed by atoms with Gasteiger partial charge in [-0.1, -0.05) is 127 Å². The fourth-order valence-corrected chi connectivity index (χ4v) is 7.07. The lowest BCUT2D eigenvalue weighted by atomic mass is 9.88. The highest BCUT2D eigenvalue weighted by Crippen LogP contribution is 2.38. The lowest BCUT2D eigenvalue weighted by Crippen LogP contribution is -2.29. The van der Waals surface area contributed by atoms with E-state index in [1.165, 1.54) is 19.3 Å². The van der Waals surface area contributed by atoms with Crippen LogP contribution in [0.4, 0.5) is 0 Å². The van der Waals surface area contributed by atoms with Gasteiger partial charge in [-0.15, -0.1) is 0 Å². The van der Waals surface area contributed by atoms with Gasteiger partial charge in [0.15, 0.2) is 6.10 Å². The monoisotopic (exact) mass is 799 g/mol. The number of carbonyl (C=O) groups excluding carboxylic acids is 2. The molecule has 6 atom stereocenters. The van der Waals surface area contributed by atoms with Crippen LogP contribution >= 0.6 is 7.82 Å². The Bertz CT molecular complexity index is 1150. The number of phosphoric acid groups is 1. The van der Waals surface area contributed by atoms with Crippen molar-refractivity contribution < 1.29 is 53.3 Å². The number of hydrogen-bond donors (Lipinski definition) is 5. The number of carbonyl (C=O) groups is 2. The number of esters is 2. The van der Waals surface area contributed by atoms with E-state index in [9.17, 15) is 29.5 Å². The molecule has 0 amide bonds. The summed E-state index contributed by atoms with van der Waals surface area (Å²) in [5, 5.41) is 31.2. The average molecular weight is 799 g/mol. The molecule has 0 aromatic heterocycles. The van der Waals surface area contributed by atoms with Crippen LogP contribution in [0, 0.1) is 11.8 Å². The number of rotatable bonds is 34. The molecule has 11 nitrogen and oxygen atoms in total. The third kappa shape index (κ3) is 28.9. The van der Waals surface area contributed by atoms with Crippen molar-refractivity contribution in [2.24, 2.45) is 11.8 Å². The smallest absolute Gasteiger partial charge is 0.462 e. The Morgan fingerprint density at radius 3 is 1.91 bits per heavy atom. The fourth-order valence-electron chi connectivity index (χ4n) is 6.71. The molecule has 12 heteroatoms. The van der Waals surface area contributed by atoms with Crippen LogP contribution in [-0.4, -0.2) is 74.7 Å². The van der Waals surface area contributed by atoms with E-state index in [0.29, 0.717) is 25.7 Å². The zero-order chi connectivity index (χ0) is 40.6. The topological polar surface area (TPSA) is 180 Å². The Morgan fingerprint density at radius 2 is 1.27 bits per heavy atom. The summed E-state index contributed by atoms with van der Waals surface area (Å²) < 4.78 is 26.4. The third-order valence-corrected chi connectivity index (χ3v) is 10.4. The minimum absolute atomic E-state index is 0.0862. The van der Waals surface area contributed by atoms with Gasteiger partial charge in [-0.3, -0.25) is 14.1 Å². The van der Waals surface area contributed by atoms with Crippen LogP contribution in [0.2, 0.25) is 0 Å². The molecule has 0 heterocycles. The van der Waals surface area contributed by atoms with E-state index in [0.717, 1.165) is 89.9 Å². The molecule has 0 aromatic carbocycles. The van der Waals surface area contributed by atoms with Crippen molar-refractivity contribution >= 4 is 19.8 Å². The number of phosphoric ester groups is 1. The summed E-state index contributed by atoms with van der Waals surface area (Å²) in [6, 6.07) is 0. The molecule has 0 spiro atoms. The predicted molar refractivity (Wildman–Crippen MR) is 218 cm³/mol. The molecule has 318 valence electrons. The Morgan fingerprint density at radius 1 is 0.709 bits per heavy atom. The maximum Gasteiger partial charge on any atom is 0.469 e. The Kier molecular flexibility index (Phi) is 30.5. The van der Waals surface area contributed by atoms with E-state index >= 15 is 0 Å². The van der Waals surface area contributed by atoms with Crippen molar-refractivity contribution in [3.05, 3.63) is 48.6 Å². The van der Waals surface area contributed by atoms with Crippen molar-refractivity contribution in [2.75, 3.05) is 13.2 Å². The Hall–Kier alpha value is -2.11. The van der Waals surface area contributed by atoms with Gasteiger partial charge in [0.05, 0.1) is 24.9 Å². The molecule has 0 saturated heterocycles. The number of ether oxygens (including phenoxy) is 2. The molecule has 0 aromatic rings. The lowest BCUT2D eigenvalue weighted by molar-refractivity contribution is -0.161. The second-order valence-corrected chi connectivity index (χ2v) is 16.2. The van der Waals surface area contributed by atoms with Crippen LogP contribution in [0.5, 0.6) is 0 Å². The van der Waals surface area contributed by atoms with Crippen LogP contribution < -0.4 is 0 Å². The second-order valence-electron chi connectivity index (χ2n) is 14.9. The van der Waals surface area contributed by atoms with Crippen LogP contribution in [0.3, 0.4) is 0 Å². The lowest BCUT2D eigenvalue weighted by Gasteiger charge is -2.21. The first kappa shape index (κ1) is 50.9. The summed E-state index contributed by atoms with van der Waals surface area (Å²) in [6.07, 6.45) is 33.2. The molecule has 1 aliphatic carbocycles. The summed E-state index contributed by atoms with van der Waals surface area (Å²) in [7, 11) is -4.82. The molecule has 0 bridgehead atoms. The fraction of sp³-hybridized carbons (Fsp3) is 0.767. The molecule has 1 rings (SSSR count). The van der Waals surface area contributed by atoms with Crippen LogP contribution in [0.25, 0.3) is 0 Å². The molecule has 5 N–H and O–H groups in total. The van der Waals surface area contributed by atoms with Gasteiger partial charge in [-0.2, -0.15) is 0 Å². The quantitative estimate of drug-likeness (QED) is 0.0181. The summed E-state index contributed by atoms with van der Waals surface area (Å²) in [5.74, 6) is -1.34. The van der Waals surface area contributed by atoms with E-state index in [1.807, 2.05) is 6.08 Å². The highest BCUT2D eigenvalue weighted by atomic mass is 31.2. The minimum atomic E-state index is -4.82. The maximum atomic E-state index is 12.4. The van der Waals surface area contributed by atoms with E-state index in [4.69, 9.17) is 19.3 Å². The summed E-state index contributed by atoms with van der Waals surface area (Å²) >= 11 is 0. The number of allylic oxidation sites excluding steroid dienone is 6.